The van der Waals surface area contributed by atoms with Crippen LogP contribution >= 0.6 is 0 Å². The van der Waals surface area contributed by atoms with Gasteiger partial charge in [0, 0.05) is 0 Å². The molecular formula is C11H12F2O5. The van der Waals surface area contributed by atoms with Crippen LogP contribution in [0.4, 0.5) is 8.78 Å². The van der Waals surface area contributed by atoms with Gasteiger partial charge in [0.1, 0.15) is 6.61 Å². The molecule has 1 aromatic carbocycles. The fourth-order valence-electron chi connectivity index (χ4n) is 1.25. The van der Waals surface area contributed by atoms with Crippen LogP contribution in [-0.4, -0.2) is 31.4 Å². The number of hydrogen-bond acceptors (Lipinski definition) is 4. The molecule has 0 aromatic heterocycles. The van der Waals surface area contributed by atoms with Gasteiger partial charge >= 0.3 is 12.6 Å². The molecule has 100 valence electrons. The molecular weight excluding hydrogens is 250 g/mol. The van der Waals surface area contributed by atoms with E-state index in [0.29, 0.717) is 5.56 Å². The van der Waals surface area contributed by atoms with Gasteiger partial charge < -0.3 is 19.3 Å². The Morgan fingerprint density at radius 1 is 1.39 bits per heavy atom. The van der Waals surface area contributed by atoms with Crippen LogP contribution in [0.5, 0.6) is 11.5 Å². The molecule has 1 rings (SSSR count). The Bertz CT molecular complexity index is 408. The minimum atomic E-state index is -2.94. The number of benzene rings is 1. The largest absolute Gasteiger partial charge is 0.493 e. The van der Waals surface area contributed by atoms with Crippen molar-refractivity contribution in [1.29, 1.82) is 0 Å². The Morgan fingerprint density at radius 3 is 2.67 bits per heavy atom. The zero-order chi connectivity index (χ0) is 13.5. The maximum atomic E-state index is 12.1. The van der Waals surface area contributed by atoms with Gasteiger partial charge in [-0.1, -0.05) is 6.07 Å². The molecule has 0 aliphatic rings. The van der Waals surface area contributed by atoms with Gasteiger partial charge in [0.25, 0.3) is 0 Å². The van der Waals surface area contributed by atoms with E-state index in [2.05, 4.69) is 4.74 Å². The minimum Gasteiger partial charge on any atom is -0.493 e. The van der Waals surface area contributed by atoms with Gasteiger partial charge in [0.05, 0.1) is 13.7 Å². The molecule has 0 spiro atoms. The van der Waals surface area contributed by atoms with Crippen LogP contribution in [0.2, 0.25) is 0 Å². The molecule has 5 nitrogen and oxygen atoms in total. The molecule has 7 heteroatoms. The van der Waals surface area contributed by atoms with Crippen LogP contribution < -0.4 is 9.47 Å². The van der Waals surface area contributed by atoms with E-state index in [1.54, 1.807) is 0 Å². The first-order chi connectivity index (χ1) is 8.52. The van der Waals surface area contributed by atoms with E-state index in [0.717, 1.165) is 0 Å². The summed E-state index contributed by atoms with van der Waals surface area (Å²) in [6.07, 6.45) is 0. The smallest absolute Gasteiger partial charge is 0.387 e. The maximum Gasteiger partial charge on any atom is 0.387 e. The van der Waals surface area contributed by atoms with E-state index in [1.165, 1.54) is 25.3 Å². The number of carboxylic acids is 1. The van der Waals surface area contributed by atoms with Crippen LogP contribution in [-0.2, 0) is 16.1 Å². The van der Waals surface area contributed by atoms with Gasteiger partial charge in [0.2, 0.25) is 0 Å². The van der Waals surface area contributed by atoms with Crippen molar-refractivity contribution in [3.63, 3.8) is 0 Å². The Kier molecular flexibility index (Phi) is 5.31. The summed E-state index contributed by atoms with van der Waals surface area (Å²) in [5.74, 6) is -1.04. The predicted octanol–water partition coefficient (Wildman–Crippen LogP) is 1.90. The Morgan fingerprint density at radius 2 is 2.11 bits per heavy atom. The fraction of sp³-hybridized carbons (Fsp3) is 0.364. The lowest BCUT2D eigenvalue weighted by Crippen LogP contribution is -2.07. The lowest BCUT2D eigenvalue weighted by Gasteiger charge is -2.11. The number of rotatable bonds is 7. The third-order valence-corrected chi connectivity index (χ3v) is 1.94. The van der Waals surface area contributed by atoms with Crippen LogP contribution in [0, 0.1) is 0 Å². The number of aliphatic carboxylic acids is 1. The highest BCUT2D eigenvalue weighted by atomic mass is 19.3. The monoisotopic (exact) mass is 262 g/mol. The molecule has 0 unspecified atom stereocenters. The molecule has 0 amide bonds. The number of carboxylic acid groups (broad SMARTS) is 1. The average molecular weight is 262 g/mol. The minimum absolute atomic E-state index is 0.0393. The number of halogens is 2. The van der Waals surface area contributed by atoms with Crippen molar-refractivity contribution in [2.45, 2.75) is 13.2 Å². The second-order valence-electron chi connectivity index (χ2n) is 3.25. The molecule has 1 aromatic rings. The second kappa shape index (κ2) is 6.75. The van der Waals surface area contributed by atoms with Gasteiger partial charge in [-0.15, -0.1) is 0 Å². The van der Waals surface area contributed by atoms with E-state index in [9.17, 15) is 13.6 Å². The number of ether oxygens (including phenoxy) is 3. The average Bonchev–Trinajstić information content (AvgIpc) is 2.29. The normalized spacial score (nSPS) is 10.4. The Labute approximate surface area is 102 Å². The van der Waals surface area contributed by atoms with E-state index >= 15 is 0 Å². The third kappa shape index (κ3) is 4.54. The molecule has 0 aliphatic carbocycles. The highest BCUT2D eigenvalue weighted by molar-refractivity contribution is 5.68. The SMILES string of the molecule is COc1cc(COCC(=O)O)ccc1OC(F)F. The molecule has 0 heterocycles. The molecule has 0 radical (unpaired) electrons. The summed E-state index contributed by atoms with van der Waals surface area (Å²) in [7, 11) is 1.32. The highest BCUT2D eigenvalue weighted by Crippen LogP contribution is 2.29. The maximum absolute atomic E-state index is 12.1. The van der Waals surface area contributed by atoms with Crippen LogP contribution in [0.15, 0.2) is 18.2 Å². The fourth-order valence-corrected chi connectivity index (χ4v) is 1.25. The molecule has 0 atom stereocenters. The van der Waals surface area contributed by atoms with Gasteiger partial charge in [-0.25, -0.2) is 4.79 Å². The summed E-state index contributed by atoms with van der Waals surface area (Å²) in [6, 6.07) is 4.24. The van der Waals surface area contributed by atoms with Crippen LogP contribution in [0.3, 0.4) is 0 Å². The zero-order valence-electron chi connectivity index (χ0n) is 9.56. The van der Waals surface area contributed by atoms with Crippen molar-refractivity contribution in [2.24, 2.45) is 0 Å². The molecule has 0 fully saturated rings. The van der Waals surface area contributed by atoms with E-state index in [4.69, 9.17) is 14.6 Å². The summed E-state index contributed by atoms with van der Waals surface area (Å²) in [5.41, 5.74) is 0.592. The Hall–Kier alpha value is -1.89. The summed E-state index contributed by atoms with van der Waals surface area (Å²) in [4.78, 5) is 10.2. The highest BCUT2D eigenvalue weighted by Gasteiger charge is 2.11. The first kappa shape index (κ1) is 14.2. The topological polar surface area (TPSA) is 65.0 Å². The van der Waals surface area contributed by atoms with E-state index in [-0.39, 0.29) is 18.1 Å². The molecule has 18 heavy (non-hydrogen) atoms. The first-order valence-electron chi connectivity index (χ1n) is 4.94. The number of carbonyl (C=O) groups is 1. The molecule has 0 saturated heterocycles. The molecule has 0 bridgehead atoms. The van der Waals surface area contributed by atoms with E-state index in [1.807, 2.05) is 0 Å². The van der Waals surface area contributed by atoms with Gasteiger partial charge in [-0.2, -0.15) is 8.78 Å². The van der Waals surface area contributed by atoms with Gasteiger partial charge in [0.15, 0.2) is 11.5 Å². The van der Waals surface area contributed by atoms with Crippen LogP contribution in [0.25, 0.3) is 0 Å². The number of hydrogen-bond donors (Lipinski definition) is 1. The van der Waals surface area contributed by atoms with Crippen molar-refractivity contribution in [2.75, 3.05) is 13.7 Å². The lowest BCUT2D eigenvalue weighted by atomic mass is 10.2. The zero-order valence-corrected chi connectivity index (χ0v) is 9.56. The van der Waals surface area contributed by atoms with Gasteiger partial charge in [-0.05, 0) is 17.7 Å². The number of methoxy groups -OCH3 is 1. The van der Waals surface area contributed by atoms with Crippen molar-refractivity contribution in [3.8, 4) is 11.5 Å². The second-order valence-corrected chi connectivity index (χ2v) is 3.25. The van der Waals surface area contributed by atoms with Gasteiger partial charge in [-0.3, -0.25) is 0 Å². The number of alkyl halides is 2. The Balaban J connectivity index is 2.69. The standard InChI is InChI=1S/C11H12F2O5/c1-16-9-4-7(5-17-6-10(14)15)2-3-8(9)18-11(12)13/h2-4,11H,5-6H2,1H3,(H,14,15). The van der Waals surface area contributed by atoms with Crippen LogP contribution in [0.1, 0.15) is 5.56 Å². The third-order valence-electron chi connectivity index (χ3n) is 1.94. The lowest BCUT2D eigenvalue weighted by molar-refractivity contribution is -0.142. The summed E-state index contributed by atoms with van der Waals surface area (Å²) in [6.45, 7) is -3.33. The van der Waals surface area contributed by atoms with E-state index < -0.39 is 19.2 Å². The quantitative estimate of drug-likeness (QED) is 0.813. The van der Waals surface area contributed by atoms with Crippen molar-refractivity contribution in [3.05, 3.63) is 23.8 Å². The van der Waals surface area contributed by atoms with Crippen molar-refractivity contribution in [1.82, 2.24) is 0 Å². The van der Waals surface area contributed by atoms with Crippen molar-refractivity contribution >= 4 is 5.97 Å². The first-order valence-corrected chi connectivity index (χ1v) is 4.94. The van der Waals surface area contributed by atoms with Crippen molar-refractivity contribution < 1.29 is 32.9 Å². The molecule has 1 N–H and O–H groups in total. The summed E-state index contributed by atoms with van der Waals surface area (Å²) >= 11 is 0. The summed E-state index contributed by atoms with van der Waals surface area (Å²) in [5, 5.41) is 8.38. The molecule has 0 aliphatic heterocycles. The predicted molar refractivity (Wildman–Crippen MR) is 56.9 cm³/mol. The molecule has 0 saturated carbocycles. The summed E-state index contributed by atoms with van der Waals surface area (Å²) < 4.78 is 38.1.